The molecule has 1 N–H and O–H groups in total. The van der Waals surface area contributed by atoms with Crippen molar-refractivity contribution in [2.45, 2.75) is 26.1 Å². The number of aromatic nitrogens is 1. The van der Waals surface area contributed by atoms with E-state index in [4.69, 9.17) is 11.6 Å². The Kier molecular flexibility index (Phi) is 3.94. The van der Waals surface area contributed by atoms with Crippen LogP contribution >= 0.6 is 38.9 Å². The van der Waals surface area contributed by atoms with Crippen LogP contribution < -0.4 is 5.32 Å². The summed E-state index contributed by atoms with van der Waals surface area (Å²) in [7, 11) is 0. The SMILES string of the molecule is Cc1cc(Br)c2nc(NC(=O)[C@@H](C)Cl)sc2c1C. The molecular formula is C12H12BrClN2OS. The average molecular weight is 348 g/mol. The number of carbonyl (C=O) groups excluding carboxylic acids is 1. The van der Waals surface area contributed by atoms with Crippen LogP contribution in [0, 0.1) is 13.8 Å². The first kappa shape index (κ1) is 13.8. The van der Waals surface area contributed by atoms with E-state index in [1.807, 2.05) is 6.07 Å². The lowest BCUT2D eigenvalue weighted by Crippen LogP contribution is -2.19. The Bertz CT molecular complexity index is 624. The summed E-state index contributed by atoms with van der Waals surface area (Å²) in [6.45, 7) is 5.74. The number of thiazole rings is 1. The molecule has 1 amide bonds. The normalized spacial score (nSPS) is 12.7. The maximum Gasteiger partial charge on any atom is 0.243 e. The first-order valence-corrected chi connectivity index (χ1v) is 7.46. The Morgan fingerprint density at radius 3 is 2.83 bits per heavy atom. The highest BCUT2D eigenvalue weighted by atomic mass is 79.9. The Morgan fingerprint density at radius 1 is 1.56 bits per heavy atom. The van der Waals surface area contributed by atoms with Gasteiger partial charge in [-0.25, -0.2) is 4.98 Å². The molecule has 1 aromatic carbocycles. The van der Waals surface area contributed by atoms with Crippen LogP contribution in [0.5, 0.6) is 0 Å². The summed E-state index contributed by atoms with van der Waals surface area (Å²) in [6.07, 6.45) is 0. The van der Waals surface area contributed by atoms with Crippen LogP contribution in [0.4, 0.5) is 5.13 Å². The van der Waals surface area contributed by atoms with Crippen molar-refractivity contribution in [2.24, 2.45) is 0 Å². The van der Waals surface area contributed by atoms with Crippen LogP contribution in [-0.4, -0.2) is 16.3 Å². The molecular weight excluding hydrogens is 336 g/mol. The molecule has 18 heavy (non-hydrogen) atoms. The van der Waals surface area contributed by atoms with Gasteiger partial charge in [0, 0.05) is 4.47 Å². The topological polar surface area (TPSA) is 42.0 Å². The first-order valence-electron chi connectivity index (χ1n) is 5.41. The molecule has 0 aliphatic heterocycles. The lowest BCUT2D eigenvalue weighted by Gasteiger charge is -2.01. The highest BCUT2D eigenvalue weighted by Gasteiger charge is 2.15. The predicted octanol–water partition coefficient (Wildman–Crippen LogP) is 4.24. The Hall–Kier alpha value is -0.650. The van der Waals surface area contributed by atoms with E-state index in [1.54, 1.807) is 6.92 Å². The number of nitrogens with zero attached hydrogens (tertiary/aromatic N) is 1. The summed E-state index contributed by atoms with van der Waals surface area (Å²) in [5, 5.41) is 2.73. The van der Waals surface area contributed by atoms with E-state index in [1.165, 1.54) is 22.5 Å². The van der Waals surface area contributed by atoms with Gasteiger partial charge in [0.15, 0.2) is 5.13 Å². The number of aryl methyl sites for hydroxylation is 2. The molecule has 0 saturated carbocycles. The molecule has 1 atom stereocenters. The molecule has 0 unspecified atom stereocenters. The molecule has 0 spiro atoms. The van der Waals surface area contributed by atoms with Crippen molar-refractivity contribution >= 4 is 60.1 Å². The van der Waals surface area contributed by atoms with Crippen LogP contribution in [0.15, 0.2) is 10.5 Å². The summed E-state index contributed by atoms with van der Waals surface area (Å²) < 4.78 is 2.02. The molecule has 6 heteroatoms. The van der Waals surface area contributed by atoms with E-state index in [2.05, 4.69) is 40.1 Å². The third-order valence-electron chi connectivity index (χ3n) is 2.72. The Morgan fingerprint density at radius 2 is 2.22 bits per heavy atom. The zero-order valence-corrected chi connectivity index (χ0v) is 13.3. The van der Waals surface area contributed by atoms with Crippen molar-refractivity contribution in [3.63, 3.8) is 0 Å². The largest absolute Gasteiger partial charge is 0.301 e. The van der Waals surface area contributed by atoms with Gasteiger partial charge in [-0.05, 0) is 53.9 Å². The molecule has 0 saturated heterocycles. The first-order chi connectivity index (χ1) is 8.40. The fourth-order valence-corrected chi connectivity index (χ4v) is 3.40. The fraction of sp³-hybridized carbons (Fsp3) is 0.333. The highest BCUT2D eigenvalue weighted by Crippen LogP contribution is 2.35. The summed E-state index contributed by atoms with van der Waals surface area (Å²) in [5.74, 6) is -0.235. The highest BCUT2D eigenvalue weighted by molar-refractivity contribution is 9.10. The van der Waals surface area contributed by atoms with E-state index in [0.29, 0.717) is 5.13 Å². The molecule has 0 fully saturated rings. The van der Waals surface area contributed by atoms with Gasteiger partial charge in [-0.3, -0.25) is 4.79 Å². The van der Waals surface area contributed by atoms with Gasteiger partial charge in [0.25, 0.3) is 0 Å². The number of rotatable bonds is 2. The number of benzene rings is 1. The van der Waals surface area contributed by atoms with Gasteiger partial charge < -0.3 is 5.32 Å². The molecule has 2 aromatic rings. The lowest BCUT2D eigenvalue weighted by atomic mass is 10.1. The van der Waals surface area contributed by atoms with Crippen molar-refractivity contribution in [3.8, 4) is 0 Å². The monoisotopic (exact) mass is 346 g/mol. The molecule has 96 valence electrons. The van der Waals surface area contributed by atoms with Gasteiger partial charge in [-0.15, -0.1) is 11.6 Å². The van der Waals surface area contributed by atoms with E-state index in [9.17, 15) is 4.79 Å². The minimum absolute atomic E-state index is 0.235. The smallest absolute Gasteiger partial charge is 0.243 e. The number of hydrogen-bond acceptors (Lipinski definition) is 3. The maximum absolute atomic E-state index is 11.5. The molecule has 1 aromatic heterocycles. The lowest BCUT2D eigenvalue weighted by molar-refractivity contribution is -0.115. The van der Waals surface area contributed by atoms with Gasteiger partial charge in [-0.2, -0.15) is 0 Å². The van der Waals surface area contributed by atoms with Crippen LogP contribution in [0.1, 0.15) is 18.1 Å². The summed E-state index contributed by atoms with van der Waals surface area (Å²) >= 11 is 10.7. The van der Waals surface area contributed by atoms with Gasteiger partial charge in [0.2, 0.25) is 5.91 Å². The minimum atomic E-state index is -0.566. The molecule has 3 nitrogen and oxygen atoms in total. The maximum atomic E-state index is 11.5. The van der Waals surface area contributed by atoms with E-state index in [-0.39, 0.29) is 5.91 Å². The zero-order valence-electron chi connectivity index (χ0n) is 10.2. The number of fused-ring (bicyclic) bond motifs is 1. The summed E-state index contributed by atoms with van der Waals surface area (Å²) in [4.78, 5) is 16.0. The Labute approximate surface area is 123 Å². The quantitative estimate of drug-likeness (QED) is 0.826. The van der Waals surface area contributed by atoms with E-state index >= 15 is 0 Å². The number of alkyl halides is 1. The van der Waals surface area contributed by atoms with Crippen molar-refractivity contribution in [2.75, 3.05) is 5.32 Å². The summed E-state index contributed by atoms with van der Waals surface area (Å²) in [6, 6.07) is 2.03. The molecule has 0 radical (unpaired) electrons. The van der Waals surface area contributed by atoms with Gasteiger partial charge >= 0.3 is 0 Å². The third-order valence-corrected chi connectivity index (χ3v) is 4.61. The van der Waals surface area contributed by atoms with Crippen LogP contribution in [0.25, 0.3) is 10.2 Å². The standard InChI is InChI=1S/C12H12BrClN2OS/c1-5-4-8(13)9-10(6(5)2)18-12(15-9)16-11(17)7(3)14/h4,7H,1-3H3,(H,15,16,17)/t7-/m1/s1. The second-order valence-corrected chi connectivity index (χ2v) is 6.61. The van der Waals surface area contributed by atoms with E-state index in [0.717, 1.165) is 14.7 Å². The third kappa shape index (κ3) is 2.53. The van der Waals surface area contributed by atoms with Gasteiger partial charge in [-0.1, -0.05) is 11.3 Å². The van der Waals surface area contributed by atoms with Crippen LogP contribution in [-0.2, 0) is 4.79 Å². The number of amides is 1. The van der Waals surface area contributed by atoms with Crippen molar-refractivity contribution in [3.05, 3.63) is 21.7 Å². The number of hydrogen-bond donors (Lipinski definition) is 1. The zero-order chi connectivity index (χ0) is 13.4. The summed E-state index contributed by atoms with van der Waals surface area (Å²) in [5.41, 5.74) is 3.26. The average Bonchev–Trinajstić information content (AvgIpc) is 2.70. The number of carbonyl (C=O) groups is 1. The predicted molar refractivity (Wildman–Crippen MR) is 80.7 cm³/mol. The fourth-order valence-electron chi connectivity index (χ4n) is 1.54. The van der Waals surface area contributed by atoms with Gasteiger partial charge in [0.05, 0.1) is 10.2 Å². The molecule has 0 bridgehead atoms. The Balaban J connectivity index is 2.48. The molecule has 2 rings (SSSR count). The number of anilines is 1. The molecule has 0 aliphatic rings. The van der Waals surface area contributed by atoms with Crippen LogP contribution in [0.3, 0.4) is 0 Å². The van der Waals surface area contributed by atoms with Gasteiger partial charge in [0.1, 0.15) is 5.38 Å². The van der Waals surface area contributed by atoms with Crippen molar-refractivity contribution in [1.82, 2.24) is 4.98 Å². The second-order valence-electron chi connectivity index (χ2n) is 4.10. The van der Waals surface area contributed by atoms with Crippen LogP contribution in [0.2, 0.25) is 0 Å². The number of halogens is 2. The van der Waals surface area contributed by atoms with Crippen molar-refractivity contribution in [1.29, 1.82) is 0 Å². The van der Waals surface area contributed by atoms with E-state index < -0.39 is 5.38 Å². The second kappa shape index (κ2) is 5.15. The number of nitrogens with one attached hydrogen (secondary N) is 1. The minimum Gasteiger partial charge on any atom is -0.301 e. The van der Waals surface area contributed by atoms with Crippen molar-refractivity contribution < 1.29 is 4.79 Å². The molecule has 1 heterocycles. The molecule has 0 aliphatic carbocycles.